The van der Waals surface area contributed by atoms with Gasteiger partial charge in [0.05, 0.1) is 12.4 Å². The first-order chi connectivity index (χ1) is 13.3. The van der Waals surface area contributed by atoms with Gasteiger partial charge >= 0.3 is 0 Å². The van der Waals surface area contributed by atoms with Gasteiger partial charge in [0.25, 0.3) is 11.8 Å². The van der Waals surface area contributed by atoms with Crippen molar-refractivity contribution in [2.45, 2.75) is 40.5 Å². The molecular formula is C20H26N4O4. The maximum Gasteiger partial charge on any atom is 0.252 e. The molecule has 0 spiro atoms. The van der Waals surface area contributed by atoms with E-state index in [1.807, 2.05) is 27.7 Å². The number of furan rings is 2. The van der Waals surface area contributed by atoms with Crippen LogP contribution in [0, 0.1) is 25.7 Å². The molecule has 0 unspecified atom stereocenters. The molecule has 150 valence electrons. The van der Waals surface area contributed by atoms with Crippen LogP contribution in [0.4, 0.5) is 0 Å². The van der Waals surface area contributed by atoms with E-state index in [-0.39, 0.29) is 0 Å². The number of nitrogens with one attached hydrogen (secondary N) is 2. The van der Waals surface area contributed by atoms with E-state index in [4.69, 9.17) is 8.83 Å². The Morgan fingerprint density at radius 1 is 0.893 bits per heavy atom. The van der Waals surface area contributed by atoms with Gasteiger partial charge in [-0.15, -0.1) is 0 Å². The molecule has 2 N–H and O–H groups in total. The van der Waals surface area contributed by atoms with Crippen LogP contribution in [-0.2, 0) is 9.59 Å². The highest BCUT2D eigenvalue weighted by molar-refractivity contribution is 6.00. The predicted molar refractivity (Wildman–Crippen MR) is 106 cm³/mol. The summed E-state index contributed by atoms with van der Waals surface area (Å²) in [5.74, 6) is 0.959. The molecule has 0 saturated heterocycles. The maximum atomic E-state index is 12.4. The van der Waals surface area contributed by atoms with Gasteiger partial charge in [-0.1, -0.05) is 13.8 Å². The van der Waals surface area contributed by atoms with Crippen molar-refractivity contribution in [3.05, 3.63) is 47.3 Å². The predicted octanol–water partition coefficient (Wildman–Crippen LogP) is 3.14. The van der Waals surface area contributed by atoms with Crippen molar-refractivity contribution in [3.63, 3.8) is 0 Å². The Morgan fingerprint density at radius 3 is 1.71 bits per heavy atom. The molecule has 0 atom stereocenters. The van der Waals surface area contributed by atoms with Crippen molar-refractivity contribution in [1.82, 2.24) is 10.9 Å². The highest BCUT2D eigenvalue weighted by Crippen LogP contribution is 2.13. The Labute approximate surface area is 164 Å². The summed E-state index contributed by atoms with van der Waals surface area (Å²) in [7, 11) is 0. The molecule has 0 aliphatic heterocycles. The molecule has 8 nitrogen and oxygen atoms in total. The number of hydrazone groups is 2. The Balaban J connectivity index is 1.96. The summed E-state index contributed by atoms with van der Waals surface area (Å²) in [6, 6.07) is 7.05. The lowest BCUT2D eigenvalue weighted by Crippen LogP contribution is -2.38. The monoisotopic (exact) mass is 386 g/mol. The summed E-state index contributed by atoms with van der Waals surface area (Å²) < 4.78 is 10.7. The van der Waals surface area contributed by atoms with Crippen molar-refractivity contribution in [2.24, 2.45) is 22.0 Å². The van der Waals surface area contributed by atoms with Gasteiger partial charge in [0, 0.05) is 0 Å². The number of hydrogen-bond acceptors (Lipinski definition) is 6. The SMILES string of the molecule is Cc1ccc(/C=N/NC(=O)C(CCC(C)C)C(=O)N/N=C/c2ccc(C)o2)o1. The van der Waals surface area contributed by atoms with Gasteiger partial charge in [-0.3, -0.25) is 9.59 Å². The fraction of sp³-hybridized carbons (Fsp3) is 0.400. The van der Waals surface area contributed by atoms with Gasteiger partial charge in [0.1, 0.15) is 29.0 Å². The van der Waals surface area contributed by atoms with Crippen molar-refractivity contribution < 1.29 is 18.4 Å². The minimum atomic E-state index is -0.909. The van der Waals surface area contributed by atoms with Crippen molar-refractivity contribution in [1.29, 1.82) is 0 Å². The Hall–Kier alpha value is -3.16. The van der Waals surface area contributed by atoms with E-state index in [2.05, 4.69) is 21.1 Å². The normalized spacial score (nSPS) is 11.8. The smallest absolute Gasteiger partial charge is 0.252 e. The van der Waals surface area contributed by atoms with E-state index in [0.29, 0.717) is 30.3 Å². The molecule has 0 aliphatic carbocycles. The molecule has 2 aromatic heterocycles. The third-order valence-corrected chi connectivity index (χ3v) is 3.92. The summed E-state index contributed by atoms with van der Waals surface area (Å²) in [5, 5.41) is 7.73. The van der Waals surface area contributed by atoms with E-state index in [1.54, 1.807) is 24.3 Å². The van der Waals surface area contributed by atoms with Gasteiger partial charge in [-0.05, 0) is 56.9 Å². The zero-order chi connectivity index (χ0) is 20.5. The molecule has 8 heteroatoms. The fourth-order valence-electron chi connectivity index (χ4n) is 2.40. The summed E-state index contributed by atoms with van der Waals surface area (Å²) in [4.78, 5) is 24.9. The molecular weight excluding hydrogens is 360 g/mol. The number of carbonyl (C=O) groups is 2. The standard InChI is InChI=1S/C20H26N4O4/c1-13(2)5-10-18(19(25)23-21-11-16-8-6-14(3)27-16)20(26)24-22-12-17-9-7-15(4)28-17/h6-9,11-13,18H,5,10H2,1-4H3,(H,23,25)(H,24,26)/b21-11+,22-12+. The van der Waals surface area contributed by atoms with Gasteiger partial charge < -0.3 is 8.83 Å². The van der Waals surface area contributed by atoms with Crippen LogP contribution in [-0.4, -0.2) is 24.2 Å². The molecule has 0 saturated carbocycles. The second-order valence-electron chi connectivity index (χ2n) is 6.89. The highest BCUT2D eigenvalue weighted by Gasteiger charge is 2.26. The lowest BCUT2D eigenvalue weighted by Gasteiger charge is -2.14. The van der Waals surface area contributed by atoms with Gasteiger partial charge in [0.2, 0.25) is 0 Å². The summed E-state index contributed by atoms with van der Waals surface area (Å²) >= 11 is 0. The van der Waals surface area contributed by atoms with E-state index < -0.39 is 17.7 Å². The largest absolute Gasteiger partial charge is 0.460 e. The Bertz CT molecular complexity index is 784. The van der Waals surface area contributed by atoms with E-state index in [1.165, 1.54) is 12.4 Å². The number of rotatable bonds is 9. The summed E-state index contributed by atoms with van der Waals surface area (Å²) in [6.45, 7) is 7.68. The Morgan fingerprint density at radius 2 is 1.36 bits per heavy atom. The molecule has 0 aromatic carbocycles. The minimum Gasteiger partial charge on any atom is -0.460 e. The summed E-state index contributed by atoms with van der Waals surface area (Å²) in [5.41, 5.74) is 4.79. The lowest BCUT2D eigenvalue weighted by molar-refractivity contribution is -0.135. The van der Waals surface area contributed by atoms with Gasteiger partial charge in [-0.2, -0.15) is 10.2 Å². The van der Waals surface area contributed by atoms with Gasteiger partial charge in [-0.25, -0.2) is 10.9 Å². The first kappa shape index (κ1) is 21.1. The second kappa shape index (κ2) is 10.2. The molecule has 0 radical (unpaired) electrons. The lowest BCUT2D eigenvalue weighted by atomic mass is 9.96. The van der Waals surface area contributed by atoms with Crippen molar-refractivity contribution in [2.75, 3.05) is 0 Å². The minimum absolute atomic E-state index is 0.354. The number of amides is 2. The third-order valence-electron chi connectivity index (χ3n) is 3.92. The Kier molecular flexibility index (Phi) is 7.74. The zero-order valence-corrected chi connectivity index (χ0v) is 16.6. The molecule has 28 heavy (non-hydrogen) atoms. The molecule has 2 amide bonds. The van der Waals surface area contributed by atoms with Crippen LogP contribution in [0.5, 0.6) is 0 Å². The zero-order valence-electron chi connectivity index (χ0n) is 16.6. The van der Waals surface area contributed by atoms with E-state index in [9.17, 15) is 9.59 Å². The molecule has 0 aliphatic rings. The average Bonchev–Trinajstić information content (AvgIpc) is 3.23. The van der Waals surface area contributed by atoms with Crippen LogP contribution in [0.2, 0.25) is 0 Å². The second-order valence-corrected chi connectivity index (χ2v) is 6.89. The topological polar surface area (TPSA) is 109 Å². The fourth-order valence-corrected chi connectivity index (χ4v) is 2.40. The summed E-state index contributed by atoms with van der Waals surface area (Å²) in [6.07, 6.45) is 3.88. The van der Waals surface area contributed by atoms with Crippen LogP contribution < -0.4 is 10.9 Å². The van der Waals surface area contributed by atoms with Gasteiger partial charge in [0.15, 0.2) is 0 Å². The highest BCUT2D eigenvalue weighted by atomic mass is 16.3. The van der Waals surface area contributed by atoms with Crippen LogP contribution >= 0.6 is 0 Å². The average molecular weight is 386 g/mol. The molecule has 2 rings (SSSR count). The van der Waals surface area contributed by atoms with Crippen molar-refractivity contribution in [3.8, 4) is 0 Å². The number of nitrogens with zero attached hydrogens (tertiary/aromatic N) is 2. The molecule has 0 bridgehead atoms. The first-order valence-electron chi connectivity index (χ1n) is 9.14. The third kappa shape index (κ3) is 6.86. The van der Waals surface area contributed by atoms with Crippen LogP contribution in [0.1, 0.15) is 49.7 Å². The number of carbonyl (C=O) groups excluding carboxylic acids is 2. The van der Waals surface area contributed by atoms with Crippen LogP contribution in [0.25, 0.3) is 0 Å². The molecule has 2 aromatic rings. The number of aryl methyl sites for hydroxylation is 2. The van der Waals surface area contributed by atoms with E-state index >= 15 is 0 Å². The number of hydrogen-bond donors (Lipinski definition) is 2. The van der Waals surface area contributed by atoms with Crippen LogP contribution in [0.3, 0.4) is 0 Å². The molecule has 0 fully saturated rings. The maximum absolute atomic E-state index is 12.4. The van der Waals surface area contributed by atoms with Crippen LogP contribution in [0.15, 0.2) is 43.3 Å². The first-order valence-corrected chi connectivity index (χ1v) is 9.14. The quantitative estimate of drug-likeness (QED) is 0.392. The van der Waals surface area contributed by atoms with Crippen molar-refractivity contribution >= 4 is 24.2 Å². The van der Waals surface area contributed by atoms with E-state index in [0.717, 1.165) is 11.5 Å². The molecule has 2 heterocycles.